The lowest BCUT2D eigenvalue weighted by atomic mass is 10.0. The molecule has 0 fully saturated rings. The molecule has 0 N–H and O–H groups in total. The second-order valence-corrected chi connectivity index (χ2v) is 8.64. The Morgan fingerprint density at radius 1 is 1.03 bits per heavy atom. The van der Waals surface area contributed by atoms with Crippen molar-refractivity contribution in [2.45, 2.75) is 18.7 Å². The maximum atomic E-state index is 14.6. The molecule has 7 nitrogen and oxygen atoms in total. The van der Waals surface area contributed by atoms with E-state index >= 15 is 0 Å². The number of rotatable bonds is 4. The Kier molecular flexibility index (Phi) is 4.62. The van der Waals surface area contributed by atoms with Gasteiger partial charge >= 0.3 is 0 Å². The molecule has 0 radical (unpaired) electrons. The maximum Gasteiger partial charge on any atom is 0.270 e. The standard InChI is InChI=1S/C21H16FN3O4S/c1-13-5-3-4-6-20(13)30(28,29)24-10-9-16-17(11-14(2)23-21(16)24)18-12-15(25(26)27)7-8-19(18)22/h3-12H,1-2H3. The normalized spacial score (nSPS) is 11.7. The molecule has 9 heteroatoms. The highest BCUT2D eigenvalue weighted by Crippen LogP contribution is 2.34. The molecule has 2 aromatic heterocycles. The summed E-state index contributed by atoms with van der Waals surface area (Å²) in [5.41, 5.74) is 1.23. The fraction of sp³-hybridized carbons (Fsp3) is 0.0952. The van der Waals surface area contributed by atoms with Gasteiger partial charge in [0.05, 0.1) is 9.82 Å². The number of nitro groups is 1. The van der Waals surface area contributed by atoms with Gasteiger partial charge in [-0.15, -0.1) is 0 Å². The maximum absolute atomic E-state index is 14.6. The lowest BCUT2D eigenvalue weighted by Gasteiger charge is -2.11. The van der Waals surface area contributed by atoms with Crippen LogP contribution in [0.25, 0.3) is 22.2 Å². The third kappa shape index (κ3) is 3.13. The van der Waals surface area contributed by atoms with Gasteiger partial charge in [-0.2, -0.15) is 0 Å². The predicted molar refractivity (Wildman–Crippen MR) is 110 cm³/mol. The molecule has 0 aliphatic carbocycles. The Morgan fingerprint density at radius 3 is 2.47 bits per heavy atom. The summed E-state index contributed by atoms with van der Waals surface area (Å²) in [6, 6.07) is 12.9. The van der Waals surface area contributed by atoms with E-state index in [4.69, 9.17) is 0 Å². The van der Waals surface area contributed by atoms with Crippen molar-refractivity contribution >= 4 is 26.7 Å². The van der Waals surface area contributed by atoms with Crippen molar-refractivity contribution < 1.29 is 17.7 Å². The zero-order valence-electron chi connectivity index (χ0n) is 16.0. The topological polar surface area (TPSA) is 95.1 Å². The lowest BCUT2D eigenvalue weighted by molar-refractivity contribution is -0.384. The Bertz CT molecular complexity index is 1430. The Hall–Kier alpha value is -3.59. The highest BCUT2D eigenvalue weighted by molar-refractivity contribution is 7.90. The van der Waals surface area contributed by atoms with E-state index < -0.39 is 20.8 Å². The van der Waals surface area contributed by atoms with Gasteiger partial charge in [0, 0.05) is 35.0 Å². The molecule has 0 bridgehead atoms. The summed E-state index contributed by atoms with van der Waals surface area (Å²) < 4.78 is 42.1. The van der Waals surface area contributed by atoms with Crippen LogP contribution in [0.2, 0.25) is 0 Å². The van der Waals surface area contributed by atoms with Gasteiger partial charge in [0.15, 0.2) is 5.65 Å². The molecule has 0 aliphatic heterocycles. The molecule has 0 atom stereocenters. The molecule has 0 spiro atoms. The zero-order valence-corrected chi connectivity index (χ0v) is 16.9. The molecule has 0 saturated heterocycles. The van der Waals surface area contributed by atoms with E-state index in [-0.39, 0.29) is 21.8 Å². The third-order valence-corrected chi connectivity index (χ3v) is 6.66. The first-order valence-corrected chi connectivity index (χ1v) is 10.4. The first-order chi connectivity index (χ1) is 14.2. The summed E-state index contributed by atoms with van der Waals surface area (Å²) in [7, 11) is -3.95. The summed E-state index contributed by atoms with van der Waals surface area (Å²) in [5.74, 6) is -0.651. The van der Waals surface area contributed by atoms with E-state index in [0.717, 1.165) is 22.2 Å². The molecule has 0 amide bonds. The summed E-state index contributed by atoms with van der Waals surface area (Å²) >= 11 is 0. The molecule has 2 heterocycles. The average molecular weight is 425 g/mol. The molecule has 4 rings (SSSR count). The zero-order chi connectivity index (χ0) is 21.6. The molecule has 0 saturated carbocycles. The average Bonchev–Trinajstić information content (AvgIpc) is 3.12. The van der Waals surface area contributed by atoms with E-state index in [1.165, 1.54) is 18.3 Å². The van der Waals surface area contributed by atoms with Gasteiger partial charge in [-0.05, 0) is 49.2 Å². The van der Waals surface area contributed by atoms with Crippen molar-refractivity contribution in [2.24, 2.45) is 0 Å². The molecule has 30 heavy (non-hydrogen) atoms. The number of fused-ring (bicyclic) bond motifs is 1. The number of hydrogen-bond donors (Lipinski definition) is 0. The molecule has 4 aromatic rings. The van der Waals surface area contributed by atoms with Crippen LogP contribution < -0.4 is 0 Å². The number of halogens is 1. The highest BCUT2D eigenvalue weighted by Gasteiger charge is 2.24. The van der Waals surface area contributed by atoms with E-state index in [0.29, 0.717) is 22.2 Å². The predicted octanol–water partition coefficient (Wildman–Crippen LogP) is 4.60. The van der Waals surface area contributed by atoms with Crippen LogP contribution >= 0.6 is 0 Å². The monoisotopic (exact) mass is 425 g/mol. The summed E-state index contributed by atoms with van der Waals surface area (Å²) in [5, 5.41) is 11.5. The number of aryl methyl sites for hydroxylation is 2. The summed E-state index contributed by atoms with van der Waals surface area (Å²) in [6.45, 7) is 3.34. The molecule has 2 aromatic carbocycles. The van der Waals surface area contributed by atoms with E-state index in [9.17, 15) is 22.9 Å². The summed E-state index contributed by atoms with van der Waals surface area (Å²) in [6.07, 6.45) is 1.36. The fourth-order valence-corrected chi connectivity index (χ4v) is 4.94. The smallest absolute Gasteiger partial charge is 0.258 e. The number of pyridine rings is 1. The van der Waals surface area contributed by atoms with Crippen molar-refractivity contribution in [2.75, 3.05) is 0 Å². The SMILES string of the molecule is Cc1cc(-c2cc([N+](=O)[O-])ccc2F)c2ccn(S(=O)(=O)c3ccccc3C)c2n1. The van der Waals surface area contributed by atoms with Gasteiger partial charge in [0.2, 0.25) is 0 Å². The van der Waals surface area contributed by atoms with Crippen molar-refractivity contribution in [3.8, 4) is 11.1 Å². The number of benzene rings is 2. The van der Waals surface area contributed by atoms with Crippen LogP contribution in [0.1, 0.15) is 11.3 Å². The fourth-order valence-electron chi connectivity index (χ4n) is 3.41. The number of aromatic nitrogens is 2. The molecule has 0 unspecified atom stereocenters. The number of nitro benzene ring substituents is 1. The number of non-ortho nitro benzene ring substituents is 1. The van der Waals surface area contributed by atoms with Gasteiger partial charge in [-0.1, -0.05) is 18.2 Å². The Morgan fingerprint density at radius 2 is 1.77 bits per heavy atom. The van der Waals surface area contributed by atoms with Gasteiger partial charge in [0.1, 0.15) is 5.82 Å². The highest BCUT2D eigenvalue weighted by atomic mass is 32.2. The first kappa shape index (κ1) is 19.7. The van der Waals surface area contributed by atoms with Crippen LogP contribution in [-0.4, -0.2) is 22.3 Å². The van der Waals surface area contributed by atoms with Crippen LogP contribution in [0.15, 0.2) is 65.7 Å². The van der Waals surface area contributed by atoms with Gasteiger partial charge in [-0.3, -0.25) is 10.1 Å². The molecule has 152 valence electrons. The Balaban J connectivity index is 2.00. The van der Waals surface area contributed by atoms with Crippen molar-refractivity contribution in [1.29, 1.82) is 0 Å². The van der Waals surface area contributed by atoms with Gasteiger partial charge < -0.3 is 0 Å². The van der Waals surface area contributed by atoms with E-state index in [1.54, 1.807) is 38.1 Å². The van der Waals surface area contributed by atoms with Crippen molar-refractivity contribution in [1.82, 2.24) is 8.96 Å². The largest absolute Gasteiger partial charge is 0.270 e. The van der Waals surface area contributed by atoms with Crippen LogP contribution in [0.4, 0.5) is 10.1 Å². The van der Waals surface area contributed by atoms with Crippen molar-refractivity contribution in [3.63, 3.8) is 0 Å². The first-order valence-electron chi connectivity index (χ1n) is 8.94. The quantitative estimate of drug-likeness (QED) is 0.352. The molecule has 0 aliphatic rings. The van der Waals surface area contributed by atoms with E-state index in [1.807, 2.05) is 0 Å². The number of nitrogens with zero attached hydrogens (tertiary/aromatic N) is 3. The lowest BCUT2D eigenvalue weighted by Crippen LogP contribution is -2.14. The Labute approximate surface area is 171 Å². The van der Waals surface area contributed by atoms with Crippen LogP contribution in [0, 0.1) is 29.8 Å². The van der Waals surface area contributed by atoms with E-state index in [2.05, 4.69) is 4.98 Å². The van der Waals surface area contributed by atoms with Gasteiger partial charge in [0.25, 0.3) is 15.7 Å². The summed E-state index contributed by atoms with van der Waals surface area (Å²) in [4.78, 5) is 15.0. The minimum absolute atomic E-state index is 0.00531. The van der Waals surface area contributed by atoms with Crippen LogP contribution in [-0.2, 0) is 10.0 Å². The number of hydrogen-bond acceptors (Lipinski definition) is 5. The van der Waals surface area contributed by atoms with Crippen molar-refractivity contribution in [3.05, 3.63) is 88.0 Å². The van der Waals surface area contributed by atoms with Gasteiger partial charge in [-0.25, -0.2) is 21.8 Å². The third-order valence-electron chi connectivity index (χ3n) is 4.83. The molecular formula is C21H16FN3O4S. The minimum atomic E-state index is -3.95. The molecular weight excluding hydrogens is 409 g/mol. The van der Waals surface area contributed by atoms with Crippen LogP contribution in [0.3, 0.4) is 0 Å². The second-order valence-electron chi connectivity index (χ2n) is 6.85. The second kappa shape index (κ2) is 7.03. The minimum Gasteiger partial charge on any atom is -0.258 e. The van der Waals surface area contributed by atoms with Crippen LogP contribution in [0.5, 0.6) is 0 Å².